The Labute approximate surface area is 110 Å². The molecule has 3 N–H and O–H groups in total. The maximum atomic E-state index is 11.9. The number of aromatic nitrogens is 2. The quantitative estimate of drug-likeness (QED) is 0.744. The molecule has 18 heavy (non-hydrogen) atoms. The number of sulfonamides is 1. The van der Waals surface area contributed by atoms with Gasteiger partial charge in [0.1, 0.15) is 0 Å². The second kappa shape index (κ2) is 5.08. The Kier molecular flexibility index (Phi) is 3.85. The normalized spacial score (nSPS) is 17.8. The largest absolute Gasteiger partial charge is 0.385 e. The van der Waals surface area contributed by atoms with E-state index in [1.54, 1.807) is 7.11 Å². The van der Waals surface area contributed by atoms with Crippen molar-refractivity contribution in [3.8, 4) is 0 Å². The van der Waals surface area contributed by atoms with Crippen molar-refractivity contribution in [1.29, 1.82) is 0 Å². The van der Waals surface area contributed by atoms with Crippen molar-refractivity contribution in [3.05, 3.63) is 0 Å². The van der Waals surface area contributed by atoms with E-state index in [1.807, 2.05) is 0 Å². The monoisotopic (exact) mass is 292 g/mol. The van der Waals surface area contributed by atoms with E-state index in [4.69, 9.17) is 10.5 Å². The Bertz CT molecular complexity index is 510. The summed E-state index contributed by atoms with van der Waals surface area (Å²) in [6.45, 7) is 1.06. The molecule has 0 atom stereocenters. The van der Waals surface area contributed by atoms with Gasteiger partial charge in [0.25, 0.3) is 10.0 Å². The van der Waals surface area contributed by atoms with Gasteiger partial charge in [-0.15, -0.1) is 10.2 Å². The third-order valence-corrected chi connectivity index (χ3v) is 5.60. The van der Waals surface area contributed by atoms with E-state index in [2.05, 4.69) is 14.9 Å². The third kappa shape index (κ3) is 3.16. The van der Waals surface area contributed by atoms with Gasteiger partial charge in [-0.1, -0.05) is 11.3 Å². The van der Waals surface area contributed by atoms with E-state index < -0.39 is 10.0 Å². The first-order chi connectivity index (χ1) is 8.47. The van der Waals surface area contributed by atoms with Crippen molar-refractivity contribution in [1.82, 2.24) is 14.9 Å². The molecule has 0 aromatic carbocycles. The summed E-state index contributed by atoms with van der Waals surface area (Å²) in [4.78, 5) is 0. The van der Waals surface area contributed by atoms with Gasteiger partial charge >= 0.3 is 0 Å². The van der Waals surface area contributed by atoms with Crippen LogP contribution in [-0.4, -0.2) is 38.9 Å². The van der Waals surface area contributed by atoms with Crippen molar-refractivity contribution >= 4 is 26.5 Å². The molecule has 0 bridgehead atoms. The zero-order valence-corrected chi connectivity index (χ0v) is 11.7. The van der Waals surface area contributed by atoms with Crippen LogP contribution in [0.2, 0.25) is 0 Å². The molecule has 7 nitrogen and oxygen atoms in total. The lowest BCUT2D eigenvalue weighted by atomic mass is 10.0. The standard InChI is InChI=1S/C9H16N4O3S2/c1-16-5-4-9(2-3-9)6-11-18(14,15)8-13-12-7(10)17-8/h11H,2-6H2,1H3,(H2,10,12). The zero-order valence-electron chi connectivity index (χ0n) is 10.0. The minimum Gasteiger partial charge on any atom is -0.385 e. The van der Waals surface area contributed by atoms with Crippen LogP contribution in [-0.2, 0) is 14.8 Å². The van der Waals surface area contributed by atoms with Gasteiger partial charge in [0.2, 0.25) is 9.47 Å². The number of hydrogen-bond donors (Lipinski definition) is 2. The van der Waals surface area contributed by atoms with Crippen molar-refractivity contribution in [3.63, 3.8) is 0 Å². The van der Waals surface area contributed by atoms with Gasteiger partial charge in [-0.3, -0.25) is 0 Å². The highest BCUT2D eigenvalue weighted by Gasteiger charge is 2.42. The van der Waals surface area contributed by atoms with Crippen molar-refractivity contribution in [2.45, 2.75) is 23.6 Å². The maximum absolute atomic E-state index is 11.9. The molecule has 0 aliphatic heterocycles. The van der Waals surface area contributed by atoms with E-state index in [0.29, 0.717) is 13.2 Å². The third-order valence-electron chi connectivity index (χ3n) is 3.08. The van der Waals surface area contributed by atoms with Gasteiger partial charge in [0.15, 0.2) is 0 Å². The fourth-order valence-electron chi connectivity index (χ4n) is 1.65. The molecule has 0 saturated heterocycles. The highest BCUT2D eigenvalue weighted by atomic mass is 32.2. The van der Waals surface area contributed by atoms with E-state index in [1.165, 1.54) is 0 Å². The van der Waals surface area contributed by atoms with Crippen LogP contribution < -0.4 is 10.5 Å². The molecule has 0 amide bonds. The van der Waals surface area contributed by atoms with Crippen LogP contribution in [0.4, 0.5) is 5.13 Å². The second-order valence-electron chi connectivity index (χ2n) is 4.47. The van der Waals surface area contributed by atoms with Crippen LogP contribution >= 0.6 is 11.3 Å². The molecule has 0 radical (unpaired) electrons. The Morgan fingerprint density at radius 1 is 1.50 bits per heavy atom. The first kappa shape index (κ1) is 13.7. The Hall–Kier alpha value is -0.770. The summed E-state index contributed by atoms with van der Waals surface area (Å²) in [5, 5.41) is 7.19. The minimum absolute atomic E-state index is 0.0549. The van der Waals surface area contributed by atoms with Gasteiger partial charge < -0.3 is 10.5 Å². The van der Waals surface area contributed by atoms with Crippen LogP contribution in [0.1, 0.15) is 19.3 Å². The highest BCUT2D eigenvalue weighted by Crippen LogP contribution is 2.48. The second-order valence-corrected chi connectivity index (χ2v) is 7.42. The van der Waals surface area contributed by atoms with Gasteiger partial charge in [0.05, 0.1) is 0 Å². The fourth-order valence-corrected chi connectivity index (χ4v) is 3.63. The lowest BCUT2D eigenvalue weighted by Gasteiger charge is -2.14. The number of anilines is 1. The van der Waals surface area contributed by atoms with Crippen LogP contribution in [0, 0.1) is 5.41 Å². The summed E-state index contributed by atoms with van der Waals surface area (Å²) in [6.07, 6.45) is 2.92. The van der Waals surface area contributed by atoms with Gasteiger partial charge in [-0.2, -0.15) is 0 Å². The molecule has 1 aromatic heterocycles. The Morgan fingerprint density at radius 3 is 2.72 bits per heavy atom. The topological polar surface area (TPSA) is 107 Å². The molecule has 0 unspecified atom stereocenters. The summed E-state index contributed by atoms with van der Waals surface area (Å²) in [6, 6.07) is 0. The first-order valence-electron chi connectivity index (χ1n) is 5.55. The van der Waals surface area contributed by atoms with Gasteiger partial charge in [0, 0.05) is 20.3 Å². The molecule has 1 saturated carbocycles. The molecule has 2 rings (SSSR count). The number of methoxy groups -OCH3 is 1. The lowest BCUT2D eigenvalue weighted by molar-refractivity contribution is 0.173. The van der Waals surface area contributed by atoms with Crippen LogP contribution in [0.15, 0.2) is 4.34 Å². The van der Waals surface area contributed by atoms with Crippen LogP contribution in [0.3, 0.4) is 0 Å². The summed E-state index contributed by atoms with van der Waals surface area (Å²) in [7, 11) is -1.94. The lowest BCUT2D eigenvalue weighted by Crippen LogP contribution is -2.30. The number of nitrogens with one attached hydrogen (secondary N) is 1. The maximum Gasteiger partial charge on any atom is 0.269 e. The van der Waals surface area contributed by atoms with E-state index >= 15 is 0 Å². The molecular formula is C9H16N4O3S2. The molecule has 9 heteroatoms. The van der Waals surface area contributed by atoms with E-state index in [9.17, 15) is 8.42 Å². The van der Waals surface area contributed by atoms with Gasteiger partial charge in [-0.05, 0) is 24.7 Å². The SMILES string of the molecule is COCCC1(CNS(=O)(=O)c2nnc(N)s2)CC1. The minimum atomic E-state index is -3.58. The number of nitrogens with two attached hydrogens (primary N) is 1. The van der Waals surface area contributed by atoms with Crippen molar-refractivity contribution in [2.75, 3.05) is 26.0 Å². The van der Waals surface area contributed by atoms with E-state index in [0.717, 1.165) is 30.6 Å². The number of rotatable bonds is 7. The van der Waals surface area contributed by atoms with E-state index in [-0.39, 0.29) is 14.9 Å². The number of nitrogens with zero attached hydrogens (tertiary/aromatic N) is 2. The zero-order chi connectivity index (χ0) is 13.2. The predicted molar refractivity (Wildman–Crippen MR) is 67.7 cm³/mol. The average Bonchev–Trinajstić information content (AvgIpc) is 2.97. The Morgan fingerprint density at radius 2 is 2.22 bits per heavy atom. The van der Waals surface area contributed by atoms with Crippen molar-refractivity contribution in [2.24, 2.45) is 5.41 Å². The molecule has 1 heterocycles. The number of ether oxygens (including phenoxy) is 1. The predicted octanol–water partition coefficient (Wildman–Crippen LogP) is 0.215. The van der Waals surface area contributed by atoms with Crippen LogP contribution in [0.5, 0.6) is 0 Å². The number of hydrogen-bond acceptors (Lipinski definition) is 7. The molecule has 1 aliphatic rings. The molecule has 102 valence electrons. The summed E-state index contributed by atoms with van der Waals surface area (Å²) in [5.74, 6) is 0. The smallest absolute Gasteiger partial charge is 0.269 e. The van der Waals surface area contributed by atoms with Gasteiger partial charge in [-0.25, -0.2) is 13.1 Å². The summed E-state index contributed by atoms with van der Waals surface area (Å²) >= 11 is 0.864. The van der Waals surface area contributed by atoms with Crippen LogP contribution in [0.25, 0.3) is 0 Å². The molecule has 1 aliphatic carbocycles. The average molecular weight is 292 g/mol. The first-order valence-corrected chi connectivity index (χ1v) is 7.85. The summed E-state index contributed by atoms with van der Waals surface area (Å²) in [5.41, 5.74) is 5.43. The molecule has 0 spiro atoms. The number of nitrogen functional groups attached to an aromatic ring is 1. The molecule has 1 aromatic rings. The Balaban J connectivity index is 1.94. The fraction of sp³-hybridized carbons (Fsp3) is 0.778. The molecular weight excluding hydrogens is 276 g/mol. The summed E-state index contributed by atoms with van der Waals surface area (Å²) < 4.78 is 31.3. The molecule has 1 fully saturated rings. The van der Waals surface area contributed by atoms with Crippen molar-refractivity contribution < 1.29 is 13.2 Å². The highest BCUT2D eigenvalue weighted by molar-refractivity contribution is 7.91.